The van der Waals surface area contributed by atoms with Crippen LogP contribution in [0.15, 0.2) is 48.5 Å². The number of alkyl carbamates (subject to hydrolysis) is 1. The molecule has 0 fully saturated rings. The zero-order valence-electron chi connectivity index (χ0n) is 14.2. The fraction of sp³-hybridized carbons (Fsp3) is 0.263. The molecular formula is C19H21NO6. The Labute approximate surface area is 150 Å². The lowest BCUT2D eigenvalue weighted by molar-refractivity contribution is -0.142. The molecule has 0 saturated heterocycles. The van der Waals surface area contributed by atoms with Gasteiger partial charge < -0.3 is 25.7 Å². The van der Waals surface area contributed by atoms with Crippen molar-refractivity contribution in [1.82, 2.24) is 5.32 Å². The Morgan fingerprint density at radius 1 is 1.08 bits per heavy atom. The number of carboxylic acid groups (broad SMARTS) is 1. The summed E-state index contributed by atoms with van der Waals surface area (Å²) in [4.78, 5) is 23.0. The Kier molecular flexibility index (Phi) is 5.97. The van der Waals surface area contributed by atoms with Gasteiger partial charge in [0.15, 0.2) is 6.04 Å². The van der Waals surface area contributed by atoms with Crippen molar-refractivity contribution in [3.05, 3.63) is 59.7 Å². The molecule has 2 aromatic rings. The van der Waals surface area contributed by atoms with E-state index >= 15 is 0 Å². The van der Waals surface area contributed by atoms with Gasteiger partial charge in [-0.2, -0.15) is 0 Å². The minimum Gasteiger partial charge on any atom is -0.480 e. The van der Waals surface area contributed by atoms with Gasteiger partial charge in [-0.15, -0.1) is 0 Å². The van der Waals surface area contributed by atoms with E-state index in [-0.39, 0.29) is 18.0 Å². The van der Waals surface area contributed by atoms with Crippen LogP contribution in [0.5, 0.6) is 0 Å². The Bertz CT molecular complexity index is 759. The standard InChI is InChI=1S/C19H19NO5.H2O/c1-11(21)17(18(22)23)20-19(24)25-10-16-14-8-4-2-6-12(14)13-7-3-5-9-15(13)16;/h2-9,11,16-17,21H,10H2,1H3,(H,20,24)(H,22,23);1H2/t11-,17+;/m1./s1. The number of fused-ring (bicyclic) bond motifs is 3. The van der Waals surface area contributed by atoms with Crippen LogP contribution in [0.4, 0.5) is 4.79 Å². The second-order valence-corrected chi connectivity index (χ2v) is 6.03. The van der Waals surface area contributed by atoms with E-state index < -0.39 is 24.2 Å². The molecular weight excluding hydrogens is 338 g/mol. The minimum absolute atomic E-state index is 0. The second kappa shape index (κ2) is 7.99. The lowest BCUT2D eigenvalue weighted by Gasteiger charge is -2.18. The van der Waals surface area contributed by atoms with Crippen molar-refractivity contribution in [2.45, 2.75) is 25.0 Å². The zero-order chi connectivity index (χ0) is 18.0. The fourth-order valence-corrected chi connectivity index (χ4v) is 3.16. The van der Waals surface area contributed by atoms with Crippen LogP contribution in [0, 0.1) is 0 Å². The van der Waals surface area contributed by atoms with E-state index in [0.29, 0.717) is 0 Å². The Balaban J connectivity index is 0.00000243. The summed E-state index contributed by atoms with van der Waals surface area (Å²) in [7, 11) is 0. The van der Waals surface area contributed by atoms with Crippen molar-refractivity contribution in [2.24, 2.45) is 0 Å². The molecule has 0 heterocycles. The number of benzene rings is 2. The third-order valence-corrected chi connectivity index (χ3v) is 4.37. The third-order valence-electron chi connectivity index (χ3n) is 4.37. The minimum atomic E-state index is -1.41. The molecule has 2 atom stereocenters. The molecule has 2 aromatic carbocycles. The van der Waals surface area contributed by atoms with Crippen LogP contribution in [0.25, 0.3) is 11.1 Å². The Morgan fingerprint density at radius 3 is 2.04 bits per heavy atom. The highest BCUT2D eigenvalue weighted by molar-refractivity contribution is 5.81. The monoisotopic (exact) mass is 359 g/mol. The van der Waals surface area contributed by atoms with Gasteiger partial charge >= 0.3 is 12.1 Å². The molecule has 0 radical (unpaired) electrons. The van der Waals surface area contributed by atoms with E-state index in [1.54, 1.807) is 0 Å². The maximum Gasteiger partial charge on any atom is 0.407 e. The normalized spacial score (nSPS) is 14.4. The van der Waals surface area contributed by atoms with Crippen molar-refractivity contribution < 1.29 is 30.0 Å². The Morgan fingerprint density at radius 2 is 1.58 bits per heavy atom. The zero-order valence-corrected chi connectivity index (χ0v) is 14.2. The molecule has 7 heteroatoms. The highest BCUT2D eigenvalue weighted by atomic mass is 16.5. The largest absolute Gasteiger partial charge is 0.480 e. The SMILES string of the molecule is C[C@@H](O)[C@H](NC(=O)OCC1c2ccccc2-c2ccccc21)C(=O)O.O. The van der Waals surface area contributed by atoms with E-state index in [9.17, 15) is 14.7 Å². The highest BCUT2D eigenvalue weighted by Crippen LogP contribution is 2.44. The first-order valence-corrected chi connectivity index (χ1v) is 8.01. The number of hydrogen-bond acceptors (Lipinski definition) is 4. The first kappa shape index (κ1) is 19.4. The predicted octanol–water partition coefficient (Wildman–Crippen LogP) is 1.53. The van der Waals surface area contributed by atoms with Crippen molar-refractivity contribution in [3.8, 4) is 11.1 Å². The highest BCUT2D eigenvalue weighted by Gasteiger charge is 2.30. The average Bonchev–Trinajstić information content (AvgIpc) is 2.91. The van der Waals surface area contributed by atoms with Gasteiger partial charge in [0.1, 0.15) is 6.61 Å². The first-order chi connectivity index (χ1) is 12.0. The molecule has 1 aliphatic rings. The van der Waals surface area contributed by atoms with Crippen LogP contribution >= 0.6 is 0 Å². The summed E-state index contributed by atoms with van der Waals surface area (Å²) < 4.78 is 5.25. The number of carboxylic acids is 1. The lowest BCUT2D eigenvalue weighted by atomic mass is 9.98. The summed E-state index contributed by atoms with van der Waals surface area (Å²) in [6.45, 7) is 1.38. The van der Waals surface area contributed by atoms with E-state index in [1.807, 2.05) is 48.5 Å². The quantitative estimate of drug-likeness (QED) is 0.746. The maximum atomic E-state index is 11.9. The van der Waals surface area contributed by atoms with Crippen LogP contribution in [-0.4, -0.2) is 46.5 Å². The number of ether oxygens (including phenoxy) is 1. The number of aliphatic hydroxyl groups is 1. The summed E-state index contributed by atoms with van der Waals surface area (Å²) in [5, 5.41) is 20.6. The van der Waals surface area contributed by atoms with E-state index in [4.69, 9.17) is 9.84 Å². The van der Waals surface area contributed by atoms with E-state index in [2.05, 4.69) is 5.32 Å². The molecule has 0 spiro atoms. The summed E-state index contributed by atoms with van der Waals surface area (Å²) in [5.74, 6) is -1.42. The number of carbonyl (C=O) groups is 2. The van der Waals surface area contributed by atoms with Crippen molar-refractivity contribution >= 4 is 12.1 Å². The molecule has 1 aliphatic carbocycles. The Hall–Kier alpha value is -2.90. The van der Waals surface area contributed by atoms with Crippen molar-refractivity contribution in [2.75, 3.05) is 6.61 Å². The summed E-state index contributed by atoms with van der Waals surface area (Å²) in [6.07, 6.45) is -2.09. The van der Waals surface area contributed by atoms with Crippen LogP contribution in [0.1, 0.15) is 24.0 Å². The van der Waals surface area contributed by atoms with Crippen LogP contribution in [-0.2, 0) is 9.53 Å². The van der Waals surface area contributed by atoms with Crippen LogP contribution in [0.3, 0.4) is 0 Å². The third kappa shape index (κ3) is 3.68. The van der Waals surface area contributed by atoms with Gasteiger partial charge in [0.25, 0.3) is 0 Å². The van der Waals surface area contributed by atoms with Gasteiger partial charge in [-0.25, -0.2) is 9.59 Å². The molecule has 0 saturated carbocycles. The number of aliphatic hydroxyl groups excluding tert-OH is 1. The molecule has 138 valence electrons. The van der Waals surface area contributed by atoms with Crippen molar-refractivity contribution in [1.29, 1.82) is 0 Å². The van der Waals surface area contributed by atoms with Crippen LogP contribution < -0.4 is 5.32 Å². The summed E-state index contributed by atoms with van der Waals surface area (Å²) in [6, 6.07) is 14.4. The topological polar surface area (TPSA) is 127 Å². The summed E-state index contributed by atoms with van der Waals surface area (Å²) in [5.41, 5.74) is 4.36. The maximum absolute atomic E-state index is 11.9. The molecule has 7 nitrogen and oxygen atoms in total. The molecule has 0 bridgehead atoms. The molecule has 0 aromatic heterocycles. The number of carbonyl (C=O) groups excluding carboxylic acids is 1. The number of amides is 1. The summed E-state index contributed by atoms with van der Waals surface area (Å²) >= 11 is 0. The first-order valence-electron chi connectivity index (χ1n) is 8.01. The second-order valence-electron chi connectivity index (χ2n) is 6.03. The van der Waals surface area contributed by atoms with Gasteiger partial charge in [-0.3, -0.25) is 0 Å². The van der Waals surface area contributed by atoms with E-state index in [0.717, 1.165) is 22.3 Å². The smallest absolute Gasteiger partial charge is 0.407 e. The number of hydrogen-bond donors (Lipinski definition) is 3. The molecule has 3 rings (SSSR count). The predicted molar refractivity (Wildman–Crippen MR) is 94.9 cm³/mol. The van der Waals surface area contributed by atoms with Crippen LogP contribution in [0.2, 0.25) is 0 Å². The van der Waals surface area contributed by atoms with Gasteiger partial charge in [0.2, 0.25) is 0 Å². The number of rotatable bonds is 5. The number of nitrogens with one attached hydrogen (secondary N) is 1. The van der Waals surface area contributed by atoms with Gasteiger partial charge in [0.05, 0.1) is 6.10 Å². The van der Waals surface area contributed by atoms with Crippen molar-refractivity contribution in [3.63, 3.8) is 0 Å². The number of aliphatic carboxylic acids is 1. The molecule has 1 amide bonds. The fourth-order valence-electron chi connectivity index (χ4n) is 3.16. The molecule has 0 unspecified atom stereocenters. The lowest BCUT2D eigenvalue weighted by Crippen LogP contribution is -2.48. The average molecular weight is 359 g/mol. The molecule has 5 N–H and O–H groups in total. The molecule has 26 heavy (non-hydrogen) atoms. The van der Waals surface area contributed by atoms with Gasteiger partial charge in [-0.05, 0) is 29.2 Å². The van der Waals surface area contributed by atoms with Gasteiger partial charge in [-0.1, -0.05) is 48.5 Å². The molecule has 0 aliphatic heterocycles. The van der Waals surface area contributed by atoms with E-state index in [1.165, 1.54) is 6.92 Å². The van der Waals surface area contributed by atoms with Gasteiger partial charge in [0, 0.05) is 5.92 Å².